The van der Waals surface area contributed by atoms with Gasteiger partial charge in [0.15, 0.2) is 0 Å². The molecular formula is C21H26N4O3S. The first-order valence-electron chi connectivity index (χ1n) is 10.0. The van der Waals surface area contributed by atoms with Crippen LogP contribution in [-0.4, -0.2) is 44.7 Å². The number of hydrogen-bond acceptors (Lipinski definition) is 5. The third-order valence-electron chi connectivity index (χ3n) is 5.58. The molecule has 8 heteroatoms. The van der Waals surface area contributed by atoms with Gasteiger partial charge in [-0.1, -0.05) is 26.8 Å². The van der Waals surface area contributed by atoms with E-state index in [0.717, 1.165) is 18.5 Å². The molecule has 0 spiro atoms. The summed E-state index contributed by atoms with van der Waals surface area (Å²) in [6.07, 6.45) is 2.24. The van der Waals surface area contributed by atoms with Crippen LogP contribution in [0.25, 0.3) is 0 Å². The predicted octanol–water partition coefficient (Wildman–Crippen LogP) is 2.74. The van der Waals surface area contributed by atoms with E-state index in [9.17, 15) is 14.4 Å². The Hall–Kier alpha value is -2.48. The second kappa shape index (κ2) is 7.40. The molecule has 2 aliphatic rings. The maximum atomic E-state index is 12.8. The minimum absolute atomic E-state index is 0.0492. The van der Waals surface area contributed by atoms with Crippen molar-refractivity contribution in [1.29, 1.82) is 0 Å². The first-order chi connectivity index (χ1) is 13.8. The zero-order chi connectivity index (χ0) is 20.8. The number of hydrogen-bond donors (Lipinski definition) is 1. The van der Waals surface area contributed by atoms with Gasteiger partial charge in [0, 0.05) is 24.9 Å². The van der Waals surface area contributed by atoms with E-state index in [2.05, 4.69) is 4.98 Å². The van der Waals surface area contributed by atoms with Crippen molar-refractivity contribution in [2.45, 2.75) is 52.6 Å². The Morgan fingerprint density at radius 2 is 2.07 bits per heavy atom. The Morgan fingerprint density at radius 1 is 1.28 bits per heavy atom. The van der Waals surface area contributed by atoms with Gasteiger partial charge in [-0.05, 0) is 24.3 Å². The van der Waals surface area contributed by atoms with Gasteiger partial charge in [-0.15, -0.1) is 11.3 Å². The monoisotopic (exact) mass is 414 g/mol. The third-order valence-corrected chi connectivity index (χ3v) is 6.43. The predicted molar refractivity (Wildman–Crippen MR) is 111 cm³/mol. The zero-order valence-electron chi connectivity index (χ0n) is 17.0. The lowest BCUT2D eigenvalue weighted by Crippen LogP contribution is -2.42. The Balaban J connectivity index is 1.59. The van der Waals surface area contributed by atoms with Gasteiger partial charge >= 0.3 is 0 Å². The smallest absolute Gasteiger partial charge is 0.264 e. The number of aromatic amines is 1. The van der Waals surface area contributed by atoms with Gasteiger partial charge < -0.3 is 14.8 Å². The van der Waals surface area contributed by atoms with E-state index < -0.39 is 5.41 Å². The van der Waals surface area contributed by atoms with Gasteiger partial charge in [0.05, 0.1) is 28.7 Å². The molecule has 2 amide bonds. The topological polar surface area (TPSA) is 86.4 Å². The molecule has 1 atom stereocenters. The van der Waals surface area contributed by atoms with Crippen molar-refractivity contribution in [2.75, 3.05) is 13.1 Å². The fraction of sp³-hybridized carbons (Fsp3) is 0.524. The number of thiophene rings is 1. The largest absolute Gasteiger partial charge is 0.333 e. The van der Waals surface area contributed by atoms with Crippen LogP contribution in [0.4, 0.5) is 0 Å². The Bertz CT molecular complexity index is 990. The maximum Gasteiger partial charge on any atom is 0.264 e. The number of nitrogens with one attached hydrogen (secondary N) is 1. The molecule has 2 aromatic rings. The molecule has 154 valence electrons. The number of H-pyrrole nitrogens is 1. The van der Waals surface area contributed by atoms with Gasteiger partial charge in [0.2, 0.25) is 5.91 Å². The maximum absolute atomic E-state index is 12.8. The highest BCUT2D eigenvalue weighted by molar-refractivity contribution is 7.12. The van der Waals surface area contributed by atoms with Crippen molar-refractivity contribution < 1.29 is 9.59 Å². The highest BCUT2D eigenvalue weighted by atomic mass is 32.1. The molecule has 4 heterocycles. The van der Waals surface area contributed by atoms with Crippen molar-refractivity contribution in [3.05, 3.63) is 49.8 Å². The molecule has 4 rings (SSSR count). The highest BCUT2D eigenvalue weighted by Crippen LogP contribution is 2.34. The van der Waals surface area contributed by atoms with Crippen LogP contribution in [0.1, 0.15) is 66.4 Å². The van der Waals surface area contributed by atoms with E-state index in [1.165, 1.54) is 11.3 Å². The Kier molecular flexibility index (Phi) is 5.06. The summed E-state index contributed by atoms with van der Waals surface area (Å²) < 4.78 is 0. The molecule has 2 aliphatic heterocycles. The standard InChI is InChI=1S/C21H26N4O3S/c1-21(2,3)20(28)25-9-4-6-15(25)17-22-14-8-10-24(12-13(14)18(26)23-17)19(27)16-7-5-11-29-16/h5,7,11,15H,4,6,8-10,12H2,1-3H3,(H,22,23,26). The molecule has 1 saturated heterocycles. The number of carbonyl (C=O) groups is 2. The van der Waals surface area contributed by atoms with Crippen molar-refractivity contribution in [3.63, 3.8) is 0 Å². The van der Waals surface area contributed by atoms with Gasteiger partial charge in [-0.25, -0.2) is 4.98 Å². The van der Waals surface area contributed by atoms with Crippen LogP contribution in [0, 0.1) is 5.41 Å². The van der Waals surface area contributed by atoms with Crippen LogP contribution in [0.2, 0.25) is 0 Å². The molecule has 0 aromatic carbocycles. The van der Waals surface area contributed by atoms with E-state index in [4.69, 9.17) is 4.98 Å². The van der Waals surface area contributed by atoms with E-state index in [-0.39, 0.29) is 30.0 Å². The number of amides is 2. The molecule has 0 bridgehead atoms. The molecule has 0 saturated carbocycles. The second-order valence-electron chi connectivity index (χ2n) is 8.74. The van der Waals surface area contributed by atoms with Gasteiger partial charge in [0.25, 0.3) is 11.5 Å². The molecule has 1 N–H and O–H groups in total. The number of fused-ring (bicyclic) bond motifs is 1. The summed E-state index contributed by atoms with van der Waals surface area (Å²) in [5, 5.41) is 1.87. The van der Waals surface area contributed by atoms with E-state index in [0.29, 0.717) is 35.8 Å². The summed E-state index contributed by atoms with van der Waals surface area (Å²) in [5.41, 5.74) is 0.620. The van der Waals surface area contributed by atoms with Crippen molar-refractivity contribution in [1.82, 2.24) is 19.8 Å². The Morgan fingerprint density at radius 3 is 2.76 bits per heavy atom. The lowest BCUT2D eigenvalue weighted by molar-refractivity contribution is -0.140. The Labute approximate surface area is 173 Å². The number of nitrogens with zero attached hydrogens (tertiary/aromatic N) is 3. The first kappa shape index (κ1) is 19.8. The summed E-state index contributed by atoms with van der Waals surface area (Å²) in [4.78, 5) is 50.2. The molecule has 29 heavy (non-hydrogen) atoms. The first-order valence-corrected chi connectivity index (χ1v) is 10.9. The van der Waals surface area contributed by atoms with Crippen LogP contribution in [0.3, 0.4) is 0 Å². The van der Waals surface area contributed by atoms with Gasteiger partial charge in [-0.2, -0.15) is 0 Å². The molecule has 1 fully saturated rings. The number of rotatable bonds is 2. The summed E-state index contributed by atoms with van der Waals surface area (Å²) in [7, 11) is 0. The summed E-state index contributed by atoms with van der Waals surface area (Å²) in [6, 6.07) is 3.46. The SMILES string of the molecule is CC(C)(C)C(=O)N1CCCC1c1nc2c(c(=O)[nH]1)CN(C(=O)c1cccs1)CC2. The number of carbonyl (C=O) groups excluding carboxylic acids is 2. The fourth-order valence-corrected chi connectivity index (χ4v) is 4.75. The second-order valence-corrected chi connectivity index (χ2v) is 9.68. The van der Waals surface area contributed by atoms with Crippen LogP contribution in [0.15, 0.2) is 22.3 Å². The molecular weight excluding hydrogens is 388 g/mol. The molecule has 0 aliphatic carbocycles. The number of likely N-dealkylation sites (tertiary alicyclic amines) is 1. The third kappa shape index (κ3) is 3.73. The lowest BCUT2D eigenvalue weighted by atomic mass is 9.94. The lowest BCUT2D eigenvalue weighted by Gasteiger charge is -2.31. The van der Waals surface area contributed by atoms with E-state index in [1.54, 1.807) is 11.0 Å². The average Bonchev–Trinajstić information content (AvgIpc) is 3.37. The van der Waals surface area contributed by atoms with Crippen LogP contribution < -0.4 is 5.56 Å². The molecule has 1 unspecified atom stereocenters. The van der Waals surface area contributed by atoms with Crippen molar-refractivity contribution >= 4 is 23.2 Å². The summed E-state index contributed by atoms with van der Waals surface area (Å²) in [5.74, 6) is 0.599. The normalized spacial score (nSPS) is 19.3. The number of aromatic nitrogens is 2. The van der Waals surface area contributed by atoms with E-state index >= 15 is 0 Å². The quantitative estimate of drug-likeness (QED) is 0.819. The van der Waals surface area contributed by atoms with Crippen LogP contribution in [-0.2, 0) is 17.8 Å². The van der Waals surface area contributed by atoms with Crippen LogP contribution >= 0.6 is 11.3 Å². The minimum atomic E-state index is -0.472. The van der Waals surface area contributed by atoms with Crippen LogP contribution in [0.5, 0.6) is 0 Å². The highest BCUT2D eigenvalue weighted by Gasteiger charge is 2.37. The van der Waals surface area contributed by atoms with Gasteiger partial charge in [-0.3, -0.25) is 14.4 Å². The fourth-order valence-electron chi connectivity index (χ4n) is 4.06. The molecule has 0 radical (unpaired) electrons. The summed E-state index contributed by atoms with van der Waals surface area (Å²) >= 11 is 1.40. The van der Waals surface area contributed by atoms with E-state index in [1.807, 2.05) is 37.1 Å². The molecule has 2 aromatic heterocycles. The average molecular weight is 415 g/mol. The zero-order valence-corrected chi connectivity index (χ0v) is 17.8. The van der Waals surface area contributed by atoms with Gasteiger partial charge in [0.1, 0.15) is 5.82 Å². The summed E-state index contributed by atoms with van der Waals surface area (Å²) in [6.45, 7) is 7.22. The van der Waals surface area contributed by atoms with Crippen molar-refractivity contribution in [2.24, 2.45) is 5.41 Å². The molecule has 7 nitrogen and oxygen atoms in total. The van der Waals surface area contributed by atoms with Crippen molar-refractivity contribution in [3.8, 4) is 0 Å². The minimum Gasteiger partial charge on any atom is -0.333 e.